The summed E-state index contributed by atoms with van der Waals surface area (Å²) < 4.78 is 10.6. The van der Waals surface area contributed by atoms with Crippen molar-refractivity contribution in [1.82, 2.24) is 5.32 Å². The molecule has 132 valence electrons. The zero-order valence-corrected chi connectivity index (χ0v) is 14.0. The molecule has 2 rings (SSSR count). The van der Waals surface area contributed by atoms with E-state index in [2.05, 4.69) is 5.32 Å². The van der Waals surface area contributed by atoms with Crippen LogP contribution in [-0.4, -0.2) is 36.7 Å². The summed E-state index contributed by atoms with van der Waals surface area (Å²) in [6, 6.07) is 6.68. The van der Waals surface area contributed by atoms with Gasteiger partial charge in [-0.3, -0.25) is 9.59 Å². The van der Waals surface area contributed by atoms with Crippen molar-refractivity contribution in [3.05, 3.63) is 24.3 Å². The molecule has 1 aliphatic rings. The highest BCUT2D eigenvalue weighted by Crippen LogP contribution is 2.23. The van der Waals surface area contributed by atoms with E-state index < -0.39 is 11.9 Å². The number of methoxy groups -OCH3 is 1. The molecule has 24 heavy (non-hydrogen) atoms. The Morgan fingerprint density at radius 3 is 2.58 bits per heavy atom. The van der Waals surface area contributed by atoms with E-state index in [0.717, 1.165) is 25.7 Å². The fraction of sp³-hybridized carbons (Fsp3) is 0.556. The van der Waals surface area contributed by atoms with E-state index in [0.29, 0.717) is 24.3 Å². The second-order valence-electron chi connectivity index (χ2n) is 6.08. The highest BCUT2D eigenvalue weighted by atomic mass is 16.5. The Labute approximate surface area is 142 Å². The quantitative estimate of drug-likeness (QED) is 0.835. The third-order valence-corrected chi connectivity index (χ3v) is 4.34. The number of nitrogens with one attached hydrogen (secondary N) is 1. The van der Waals surface area contributed by atoms with E-state index >= 15 is 0 Å². The molecule has 1 fully saturated rings. The summed E-state index contributed by atoms with van der Waals surface area (Å²) in [6.07, 6.45) is 5.27. The van der Waals surface area contributed by atoms with E-state index in [4.69, 9.17) is 9.47 Å². The molecule has 1 amide bonds. The van der Waals surface area contributed by atoms with E-state index in [1.165, 1.54) is 0 Å². The van der Waals surface area contributed by atoms with Gasteiger partial charge in [-0.1, -0.05) is 31.7 Å². The van der Waals surface area contributed by atoms with Crippen molar-refractivity contribution in [2.45, 2.75) is 44.6 Å². The smallest absolute Gasteiger partial charge is 0.308 e. The molecule has 6 nitrogen and oxygen atoms in total. The lowest BCUT2D eigenvalue weighted by Gasteiger charge is -2.27. The zero-order chi connectivity index (χ0) is 17.4. The molecular weight excluding hydrogens is 310 g/mol. The Balaban J connectivity index is 1.89. The first-order chi connectivity index (χ1) is 11.6. The Morgan fingerprint density at radius 2 is 1.88 bits per heavy atom. The van der Waals surface area contributed by atoms with Crippen molar-refractivity contribution >= 4 is 11.9 Å². The number of carbonyl (C=O) groups excluding carboxylic acids is 1. The highest BCUT2D eigenvalue weighted by Gasteiger charge is 2.29. The number of amides is 1. The van der Waals surface area contributed by atoms with Crippen LogP contribution in [0.5, 0.6) is 11.5 Å². The Morgan fingerprint density at radius 1 is 1.17 bits per heavy atom. The second kappa shape index (κ2) is 9.15. The SMILES string of the molecule is COc1cccc(OCC(=O)NC2CCCCCCC2C(=O)O)c1. The number of aliphatic carboxylic acids is 1. The Hall–Kier alpha value is -2.24. The number of carboxylic acids is 1. The molecule has 0 aliphatic heterocycles. The van der Waals surface area contributed by atoms with Gasteiger partial charge in [-0.2, -0.15) is 0 Å². The summed E-state index contributed by atoms with van der Waals surface area (Å²) in [6.45, 7) is -0.143. The van der Waals surface area contributed by atoms with Gasteiger partial charge in [0.15, 0.2) is 6.61 Å². The second-order valence-corrected chi connectivity index (χ2v) is 6.08. The number of ether oxygens (including phenoxy) is 2. The van der Waals surface area contributed by atoms with Crippen LogP contribution < -0.4 is 14.8 Å². The van der Waals surface area contributed by atoms with Gasteiger partial charge in [0.1, 0.15) is 11.5 Å². The lowest BCUT2D eigenvalue weighted by Crippen LogP contribution is -2.45. The number of hydrogen-bond acceptors (Lipinski definition) is 4. The van der Waals surface area contributed by atoms with Crippen LogP contribution in [-0.2, 0) is 9.59 Å². The molecule has 0 radical (unpaired) electrons. The predicted molar refractivity (Wildman–Crippen MR) is 89.2 cm³/mol. The summed E-state index contributed by atoms with van der Waals surface area (Å²) in [5.74, 6) is -0.465. The predicted octanol–water partition coefficient (Wildman–Crippen LogP) is 2.61. The summed E-state index contributed by atoms with van der Waals surface area (Å²) in [4.78, 5) is 23.6. The zero-order valence-electron chi connectivity index (χ0n) is 14.0. The number of rotatable bonds is 6. The standard InChI is InChI=1S/C18H25NO5/c1-23-13-7-6-8-14(11-13)24-12-17(20)19-16-10-5-3-2-4-9-15(16)18(21)22/h6-8,11,15-16H,2-5,9-10,12H2,1H3,(H,19,20)(H,21,22). The molecule has 0 aromatic heterocycles. The van der Waals surface area contributed by atoms with E-state index in [1.54, 1.807) is 31.4 Å². The third-order valence-electron chi connectivity index (χ3n) is 4.34. The maximum atomic E-state index is 12.1. The average Bonchev–Trinajstić information content (AvgIpc) is 2.55. The minimum absolute atomic E-state index is 0.143. The normalized spacial score (nSPS) is 21.2. The van der Waals surface area contributed by atoms with E-state index in [1.807, 2.05) is 0 Å². The molecule has 0 saturated heterocycles. The molecular formula is C18H25NO5. The monoisotopic (exact) mass is 335 g/mol. The topological polar surface area (TPSA) is 84.9 Å². The molecule has 2 unspecified atom stereocenters. The summed E-state index contributed by atoms with van der Waals surface area (Å²) >= 11 is 0. The first-order valence-corrected chi connectivity index (χ1v) is 8.39. The van der Waals surface area contributed by atoms with Crippen LogP contribution in [0.2, 0.25) is 0 Å². The number of carboxylic acid groups (broad SMARTS) is 1. The largest absolute Gasteiger partial charge is 0.497 e. The van der Waals surface area contributed by atoms with Crippen molar-refractivity contribution in [3.8, 4) is 11.5 Å². The van der Waals surface area contributed by atoms with Crippen LogP contribution in [0.1, 0.15) is 38.5 Å². The van der Waals surface area contributed by atoms with Crippen molar-refractivity contribution in [1.29, 1.82) is 0 Å². The molecule has 2 atom stereocenters. The summed E-state index contributed by atoms with van der Waals surface area (Å²) in [7, 11) is 1.56. The molecule has 1 aliphatic carbocycles. The lowest BCUT2D eigenvalue weighted by atomic mass is 9.87. The van der Waals surface area contributed by atoms with Gasteiger partial charge in [0, 0.05) is 12.1 Å². The average molecular weight is 335 g/mol. The maximum Gasteiger partial charge on any atom is 0.308 e. The summed E-state index contributed by atoms with van der Waals surface area (Å²) in [5, 5.41) is 12.2. The minimum atomic E-state index is -0.837. The molecule has 0 bridgehead atoms. The Bertz CT molecular complexity index is 560. The Kier molecular flexibility index (Phi) is 6.90. The van der Waals surface area contributed by atoms with Gasteiger partial charge < -0.3 is 19.9 Å². The number of hydrogen-bond donors (Lipinski definition) is 2. The van der Waals surface area contributed by atoms with Crippen LogP contribution in [0.25, 0.3) is 0 Å². The van der Waals surface area contributed by atoms with Crippen LogP contribution in [0.3, 0.4) is 0 Å². The molecule has 2 N–H and O–H groups in total. The molecule has 0 heterocycles. The van der Waals surface area contributed by atoms with Gasteiger partial charge in [0.2, 0.25) is 0 Å². The first-order valence-electron chi connectivity index (χ1n) is 8.39. The van der Waals surface area contributed by atoms with Gasteiger partial charge in [-0.25, -0.2) is 0 Å². The maximum absolute atomic E-state index is 12.1. The van der Waals surface area contributed by atoms with Crippen LogP contribution in [0.4, 0.5) is 0 Å². The summed E-state index contributed by atoms with van der Waals surface area (Å²) in [5.41, 5.74) is 0. The van der Waals surface area contributed by atoms with Crippen LogP contribution in [0.15, 0.2) is 24.3 Å². The molecule has 1 aromatic carbocycles. The van der Waals surface area contributed by atoms with Crippen molar-refractivity contribution < 1.29 is 24.2 Å². The number of benzene rings is 1. The lowest BCUT2D eigenvalue weighted by molar-refractivity contribution is -0.143. The minimum Gasteiger partial charge on any atom is -0.497 e. The van der Waals surface area contributed by atoms with Gasteiger partial charge >= 0.3 is 5.97 Å². The third kappa shape index (κ3) is 5.44. The molecule has 1 saturated carbocycles. The molecule has 1 aromatic rings. The van der Waals surface area contributed by atoms with Crippen molar-refractivity contribution in [2.24, 2.45) is 5.92 Å². The molecule has 6 heteroatoms. The van der Waals surface area contributed by atoms with Gasteiger partial charge in [0.25, 0.3) is 5.91 Å². The van der Waals surface area contributed by atoms with Crippen molar-refractivity contribution in [2.75, 3.05) is 13.7 Å². The van der Waals surface area contributed by atoms with E-state index in [9.17, 15) is 14.7 Å². The highest BCUT2D eigenvalue weighted by molar-refractivity contribution is 5.79. The van der Waals surface area contributed by atoms with Gasteiger partial charge in [0.05, 0.1) is 13.0 Å². The van der Waals surface area contributed by atoms with Crippen LogP contribution in [0, 0.1) is 5.92 Å². The number of carbonyl (C=O) groups is 2. The van der Waals surface area contributed by atoms with Gasteiger partial charge in [-0.05, 0) is 25.0 Å². The van der Waals surface area contributed by atoms with E-state index in [-0.39, 0.29) is 18.6 Å². The first kappa shape index (κ1) is 18.1. The van der Waals surface area contributed by atoms with Gasteiger partial charge in [-0.15, -0.1) is 0 Å². The molecule has 0 spiro atoms. The fourth-order valence-electron chi connectivity index (χ4n) is 3.04. The van der Waals surface area contributed by atoms with Crippen LogP contribution >= 0.6 is 0 Å². The van der Waals surface area contributed by atoms with Crippen molar-refractivity contribution in [3.63, 3.8) is 0 Å². The fourth-order valence-corrected chi connectivity index (χ4v) is 3.04.